The molecule has 1 aliphatic rings. The maximum absolute atomic E-state index is 12.7. The van der Waals surface area contributed by atoms with E-state index in [0.717, 1.165) is 25.9 Å². The van der Waals surface area contributed by atoms with E-state index in [-0.39, 0.29) is 17.9 Å². The first kappa shape index (κ1) is 17.2. The van der Waals surface area contributed by atoms with Gasteiger partial charge in [0.2, 0.25) is 0 Å². The van der Waals surface area contributed by atoms with Crippen LogP contribution in [0, 0.1) is 0 Å². The van der Waals surface area contributed by atoms with Gasteiger partial charge in [-0.15, -0.1) is 0 Å². The lowest BCUT2D eigenvalue weighted by Crippen LogP contribution is -2.47. The molecule has 2 heterocycles. The molecule has 0 spiro atoms. The van der Waals surface area contributed by atoms with Crippen LogP contribution in [0.25, 0.3) is 0 Å². The molecule has 1 aromatic carbocycles. The number of likely N-dealkylation sites (tertiary alicyclic amines) is 1. The standard InChI is InChI=1S/C19H24N4O2/c1-22-12-4-5-16(13-22)23(2)19(25)14-7-9-15(10-8-14)21-18(24)17-6-3-11-20-17/h3,6-11,16,20H,4-5,12-13H2,1-2H3,(H,21,24). The molecule has 25 heavy (non-hydrogen) atoms. The van der Waals surface area contributed by atoms with E-state index in [0.29, 0.717) is 16.9 Å². The van der Waals surface area contributed by atoms with E-state index in [2.05, 4.69) is 22.2 Å². The molecule has 0 aliphatic carbocycles. The van der Waals surface area contributed by atoms with Gasteiger partial charge in [-0.3, -0.25) is 9.59 Å². The number of carbonyl (C=O) groups is 2. The highest BCUT2D eigenvalue weighted by Gasteiger charge is 2.25. The van der Waals surface area contributed by atoms with E-state index >= 15 is 0 Å². The van der Waals surface area contributed by atoms with Crippen LogP contribution in [-0.4, -0.2) is 59.8 Å². The molecule has 1 fully saturated rings. The molecular weight excluding hydrogens is 316 g/mol. The van der Waals surface area contributed by atoms with Crippen molar-refractivity contribution in [3.05, 3.63) is 53.9 Å². The second-order valence-corrected chi connectivity index (χ2v) is 6.59. The zero-order valence-electron chi connectivity index (χ0n) is 14.7. The predicted octanol–water partition coefficient (Wildman–Crippen LogP) is 2.43. The fourth-order valence-corrected chi connectivity index (χ4v) is 3.19. The molecule has 6 nitrogen and oxygen atoms in total. The zero-order valence-corrected chi connectivity index (χ0v) is 14.7. The van der Waals surface area contributed by atoms with Crippen molar-refractivity contribution in [3.63, 3.8) is 0 Å². The Labute approximate surface area is 147 Å². The minimum Gasteiger partial charge on any atom is -0.357 e. The first-order valence-electron chi connectivity index (χ1n) is 8.55. The van der Waals surface area contributed by atoms with Crippen LogP contribution in [-0.2, 0) is 0 Å². The Bertz CT molecular complexity index is 724. The maximum Gasteiger partial charge on any atom is 0.272 e. The fourth-order valence-electron chi connectivity index (χ4n) is 3.19. The lowest BCUT2D eigenvalue weighted by Gasteiger charge is -2.35. The summed E-state index contributed by atoms with van der Waals surface area (Å²) in [5.41, 5.74) is 1.80. The zero-order chi connectivity index (χ0) is 17.8. The molecule has 1 aliphatic heterocycles. The van der Waals surface area contributed by atoms with E-state index in [1.54, 1.807) is 42.6 Å². The summed E-state index contributed by atoms with van der Waals surface area (Å²) in [7, 11) is 3.96. The van der Waals surface area contributed by atoms with Crippen molar-refractivity contribution in [1.29, 1.82) is 0 Å². The summed E-state index contributed by atoms with van der Waals surface area (Å²) >= 11 is 0. The molecule has 0 bridgehead atoms. The van der Waals surface area contributed by atoms with Crippen molar-refractivity contribution in [2.45, 2.75) is 18.9 Å². The van der Waals surface area contributed by atoms with E-state index in [1.165, 1.54) is 0 Å². The Balaban J connectivity index is 1.63. The SMILES string of the molecule is CN1CCCC(N(C)C(=O)c2ccc(NC(=O)c3ccc[nH]3)cc2)C1. The minimum absolute atomic E-state index is 0.0162. The van der Waals surface area contributed by atoms with Gasteiger partial charge in [-0.2, -0.15) is 0 Å². The molecule has 1 saturated heterocycles. The highest BCUT2D eigenvalue weighted by molar-refractivity contribution is 6.03. The van der Waals surface area contributed by atoms with Gasteiger partial charge in [0.25, 0.3) is 11.8 Å². The van der Waals surface area contributed by atoms with Crippen LogP contribution >= 0.6 is 0 Å². The molecule has 6 heteroatoms. The van der Waals surface area contributed by atoms with Crippen molar-refractivity contribution in [2.75, 3.05) is 32.5 Å². The molecule has 0 saturated carbocycles. The van der Waals surface area contributed by atoms with Crippen molar-refractivity contribution in [3.8, 4) is 0 Å². The number of carbonyl (C=O) groups excluding carboxylic acids is 2. The van der Waals surface area contributed by atoms with Crippen LogP contribution in [0.2, 0.25) is 0 Å². The average Bonchev–Trinajstić information content (AvgIpc) is 3.16. The lowest BCUT2D eigenvalue weighted by atomic mass is 10.0. The van der Waals surface area contributed by atoms with Gasteiger partial charge in [-0.25, -0.2) is 0 Å². The van der Waals surface area contributed by atoms with Gasteiger partial charge in [0.1, 0.15) is 5.69 Å². The second kappa shape index (κ2) is 7.53. The number of hydrogen-bond acceptors (Lipinski definition) is 3. The van der Waals surface area contributed by atoms with Crippen LogP contribution in [0.1, 0.15) is 33.7 Å². The van der Waals surface area contributed by atoms with Crippen LogP contribution < -0.4 is 5.32 Å². The number of nitrogens with one attached hydrogen (secondary N) is 2. The predicted molar refractivity (Wildman–Crippen MR) is 97.8 cm³/mol. The number of aromatic amines is 1. The van der Waals surface area contributed by atoms with E-state index in [9.17, 15) is 9.59 Å². The molecule has 2 N–H and O–H groups in total. The van der Waals surface area contributed by atoms with Gasteiger partial charge < -0.3 is 20.1 Å². The third-order valence-electron chi connectivity index (χ3n) is 4.70. The highest BCUT2D eigenvalue weighted by atomic mass is 16.2. The largest absolute Gasteiger partial charge is 0.357 e. The number of aromatic nitrogens is 1. The number of rotatable bonds is 4. The third-order valence-corrected chi connectivity index (χ3v) is 4.70. The Morgan fingerprint density at radius 3 is 2.64 bits per heavy atom. The summed E-state index contributed by atoms with van der Waals surface area (Å²) in [6.07, 6.45) is 3.86. The van der Waals surface area contributed by atoms with Gasteiger partial charge in [0, 0.05) is 37.1 Å². The summed E-state index contributed by atoms with van der Waals surface area (Å²) in [5, 5.41) is 2.81. The number of piperidine rings is 1. The monoisotopic (exact) mass is 340 g/mol. The molecule has 1 aromatic heterocycles. The first-order chi connectivity index (χ1) is 12.0. The Morgan fingerprint density at radius 1 is 1.24 bits per heavy atom. The van der Waals surface area contributed by atoms with Crippen molar-refractivity contribution in [1.82, 2.24) is 14.8 Å². The molecule has 0 radical (unpaired) electrons. The van der Waals surface area contributed by atoms with Crippen LogP contribution in [0.3, 0.4) is 0 Å². The number of anilines is 1. The maximum atomic E-state index is 12.7. The van der Waals surface area contributed by atoms with Gasteiger partial charge >= 0.3 is 0 Å². The van der Waals surface area contributed by atoms with Crippen molar-refractivity contribution < 1.29 is 9.59 Å². The second-order valence-electron chi connectivity index (χ2n) is 6.59. The number of likely N-dealkylation sites (N-methyl/N-ethyl adjacent to an activating group) is 2. The molecule has 2 amide bonds. The number of amides is 2. The summed E-state index contributed by atoms with van der Waals surface area (Å²) in [5.74, 6) is -0.186. The molecule has 2 aromatic rings. The van der Waals surface area contributed by atoms with Crippen molar-refractivity contribution >= 4 is 17.5 Å². The summed E-state index contributed by atoms with van der Waals surface area (Å²) in [4.78, 5) is 31.7. The van der Waals surface area contributed by atoms with E-state index in [4.69, 9.17) is 0 Å². The quantitative estimate of drug-likeness (QED) is 0.898. The Morgan fingerprint density at radius 2 is 2.00 bits per heavy atom. The number of nitrogens with zero attached hydrogens (tertiary/aromatic N) is 2. The van der Waals surface area contributed by atoms with Gasteiger partial charge in [-0.05, 0) is 62.8 Å². The van der Waals surface area contributed by atoms with Crippen LogP contribution in [0.4, 0.5) is 5.69 Å². The number of H-pyrrole nitrogens is 1. The van der Waals surface area contributed by atoms with Gasteiger partial charge in [0.15, 0.2) is 0 Å². The van der Waals surface area contributed by atoms with Crippen LogP contribution in [0.15, 0.2) is 42.6 Å². The molecule has 1 atom stereocenters. The van der Waals surface area contributed by atoms with E-state index in [1.807, 2.05) is 11.9 Å². The Kier molecular flexibility index (Phi) is 5.19. The van der Waals surface area contributed by atoms with Gasteiger partial charge in [0.05, 0.1) is 0 Å². The van der Waals surface area contributed by atoms with Gasteiger partial charge in [-0.1, -0.05) is 0 Å². The minimum atomic E-state index is -0.202. The smallest absolute Gasteiger partial charge is 0.272 e. The number of benzene rings is 1. The normalized spacial score (nSPS) is 17.9. The molecule has 1 unspecified atom stereocenters. The summed E-state index contributed by atoms with van der Waals surface area (Å²) < 4.78 is 0. The summed E-state index contributed by atoms with van der Waals surface area (Å²) in [6.45, 7) is 2.00. The molecular formula is C19H24N4O2. The highest BCUT2D eigenvalue weighted by Crippen LogP contribution is 2.17. The fraction of sp³-hybridized carbons (Fsp3) is 0.368. The summed E-state index contributed by atoms with van der Waals surface area (Å²) in [6, 6.07) is 10.8. The van der Waals surface area contributed by atoms with Crippen LogP contribution in [0.5, 0.6) is 0 Å². The van der Waals surface area contributed by atoms with Crippen molar-refractivity contribution in [2.24, 2.45) is 0 Å². The topological polar surface area (TPSA) is 68.4 Å². The average molecular weight is 340 g/mol. The number of hydrogen-bond donors (Lipinski definition) is 2. The Hall–Kier alpha value is -2.60. The lowest BCUT2D eigenvalue weighted by molar-refractivity contribution is 0.0644. The molecule has 132 valence electrons. The van der Waals surface area contributed by atoms with E-state index < -0.39 is 0 Å². The molecule has 3 rings (SSSR count). The third kappa shape index (κ3) is 4.09. The first-order valence-corrected chi connectivity index (χ1v) is 8.55.